The number of nitriles is 1. The molecule has 0 bridgehead atoms. The molecule has 0 radical (unpaired) electrons. The van der Waals surface area contributed by atoms with Gasteiger partial charge in [0.05, 0.1) is 0 Å². The van der Waals surface area contributed by atoms with Crippen LogP contribution in [0.25, 0.3) is 27.4 Å². The van der Waals surface area contributed by atoms with Crippen molar-refractivity contribution in [2.24, 2.45) is 4.99 Å². The largest absolute Gasteiger partial charge is 0.393 e. The maximum absolute atomic E-state index is 14.6. The van der Waals surface area contributed by atoms with Gasteiger partial charge in [0.15, 0.2) is 5.69 Å². The third kappa shape index (κ3) is 2.22. The predicted octanol–water partition coefficient (Wildman–Crippen LogP) is 4.09. The molecule has 10 heteroatoms. The summed E-state index contributed by atoms with van der Waals surface area (Å²) in [5, 5.41) is 9.03. The van der Waals surface area contributed by atoms with E-state index in [1.807, 2.05) is 0 Å². The molecule has 3 aromatic rings. The smallest absolute Gasteiger partial charge is 0.235 e. The van der Waals surface area contributed by atoms with E-state index >= 15 is 0 Å². The highest BCUT2D eigenvalue weighted by molar-refractivity contribution is 6.23. The Kier molecular flexibility index (Phi) is 3.54. The normalized spacial score (nSPS) is 15.4. The van der Waals surface area contributed by atoms with Gasteiger partial charge in [-0.2, -0.15) is 20.1 Å². The summed E-state index contributed by atoms with van der Waals surface area (Å²) in [5.41, 5.74) is -0.509. The second kappa shape index (κ2) is 6.03. The van der Waals surface area contributed by atoms with Crippen molar-refractivity contribution in [3.63, 3.8) is 0 Å². The van der Waals surface area contributed by atoms with E-state index in [1.165, 1.54) is 0 Å². The summed E-state index contributed by atoms with van der Waals surface area (Å²) in [6.07, 6.45) is 2.52. The van der Waals surface area contributed by atoms with Crippen LogP contribution in [-0.4, -0.2) is 22.0 Å². The monoisotopic (exact) mass is 405 g/mol. The van der Waals surface area contributed by atoms with Gasteiger partial charge in [0.25, 0.3) is 0 Å². The first kappa shape index (κ1) is 17.6. The number of aromatic nitrogens is 2. The molecule has 0 atom stereocenters. The van der Waals surface area contributed by atoms with Crippen LogP contribution in [0.3, 0.4) is 0 Å². The Morgan fingerprint density at radius 2 is 1.67 bits per heavy atom. The molecule has 0 spiro atoms. The van der Waals surface area contributed by atoms with Crippen LogP contribution in [0.5, 0.6) is 0 Å². The van der Waals surface area contributed by atoms with Crippen LogP contribution in [-0.2, 0) is 0 Å². The van der Waals surface area contributed by atoms with Gasteiger partial charge in [0, 0.05) is 29.3 Å². The molecule has 2 aliphatic rings. The molecule has 2 heterocycles. The van der Waals surface area contributed by atoms with Crippen molar-refractivity contribution >= 4 is 23.6 Å². The van der Waals surface area contributed by atoms with Gasteiger partial charge < -0.3 is 0 Å². The number of halogens is 4. The molecule has 30 heavy (non-hydrogen) atoms. The van der Waals surface area contributed by atoms with Crippen molar-refractivity contribution in [2.75, 3.05) is 0 Å². The molecule has 6 nitrogen and oxygen atoms in total. The van der Waals surface area contributed by atoms with Crippen molar-refractivity contribution < 1.29 is 17.6 Å². The third-order valence-corrected chi connectivity index (χ3v) is 4.74. The van der Waals surface area contributed by atoms with E-state index in [0.29, 0.717) is 12.1 Å². The van der Waals surface area contributed by atoms with Gasteiger partial charge in [0.2, 0.25) is 11.9 Å². The van der Waals surface area contributed by atoms with Crippen LogP contribution in [0.4, 0.5) is 29.1 Å². The van der Waals surface area contributed by atoms with Crippen LogP contribution in [0.1, 0.15) is 11.3 Å². The summed E-state index contributed by atoms with van der Waals surface area (Å²) < 4.78 is 57.9. The van der Waals surface area contributed by atoms with E-state index in [-0.39, 0.29) is 51.0 Å². The number of nitrogens with zero attached hydrogens (tertiary/aromatic N) is 6. The standard InChI is InChI=1S/C20H5F4N6/c1-26-7-30-13-5-9(22)4-12(24)15(13)18-20(30)29-17-14-10(2-8(21)3-11(14)23)16(27-6-25)19(17)28-18/h2-5,7H/q+1. The van der Waals surface area contributed by atoms with Gasteiger partial charge in [-0.15, -0.1) is 4.58 Å². The van der Waals surface area contributed by atoms with Crippen LogP contribution in [0.2, 0.25) is 0 Å². The number of fused-ring (bicyclic) bond motifs is 6. The highest BCUT2D eigenvalue weighted by atomic mass is 19.1. The molecule has 0 amide bonds. The fourth-order valence-electron chi connectivity index (χ4n) is 3.67. The fraction of sp³-hybridized carbons (Fsp3) is 0. The van der Waals surface area contributed by atoms with E-state index < -0.39 is 23.3 Å². The first-order valence-corrected chi connectivity index (χ1v) is 8.32. The Hall–Kier alpha value is -4.44. The lowest BCUT2D eigenvalue weighted by Crippen LogP contribution is -2.06. The zero-order valence-corrected chi connectivity index (χ0v) is 14.6. The average molecular weight is 405 g/mol. The van der Waals surface area contributed by atoms with E-state index in [4.69, 9.17) is 11.8 Å². The van der Waals surface area contributed by atoms with E-state index in [9.17, 15) is 17.6 Å². The van der Waals surface area contributed by atoms with Crippen molar-refractivity contribution in [1.29, 1.82) is 5.26 Å². The molecular weight excluding hydrogens is 400 g/mol. The summed E-state index contributed by atoms with van der Waals surface area (Å²) in [5.74, 6) is -3.66. The van der Waals surface area contributed by atoms with Gasteiger partial charge in [-0.1, -0.05) is 0 Å². The van der Waals surface area contributed by atoms with Crippen LogP contribution in [0, 0.1) is 41.3 Å². The van der Waals surface area contributed by atoms with Crippen LogP contribution in [0.15, 0.2) is 29.3 Å². The predicted molar refractivity (Wildman–Crippen MR) is 98.1 cm³/mol. The second-order valence-electron chi connectivity index (χ2n) is 6.36. The maximum Gasteiger partial charge on any atom is 0.393 e. The molecular formula is C20H5F4N6+. The van der Waals surface area contributed by atoms with Crippen molar-refractivity contribution in [2.45, 2.75) is 0 Å². The third-order valence-electron chi connectivity index (χ3n) is 4.74. The molecule has 0 saturated carbocycles. The number of hydrogen-bond acceptors (Lipinski definition) is 4. The first-order chi connectivity index (χ1) is 14.4. The Labute approximate surface area is 165 Å². The minimum Gasteiger partial charge on any atom is -0.235 e. The SMILES string of the molecule is [C-]#[N+]C=[N+]1c2cc(F)cc(F)c2-c2nc3c(nc21)-c1c(F)cc(F)cc1C3=NC#N. The maximum atomic E-state index is 14.6. The van der Waals surface area contributed by atoms with Crippen LogP contribution < -0.4 is 4.58 Å². The molecule has 0 saturated heterocycles. The molecule has 142 valence electrons. The zero-order valence-electron chi connectivity index (χ0n) is 14.6. The lowest BCUT2D eigenvalue weighted by molar-refractivity contribution is 0.584. The quantitative estimate of drug-likeness (QED) is 0.128. The Morgan fingerprint density at radius 1 is 0.967 bits per heavy atom. The number of benzene rings is 2. The molecule has 1 aliphatic carbocycles. The Balaban J connectivity index is 1.90. The van der Waals surface area contributed by atoms with Gasteiger partial charge in [-0.3, -0.25) is 0 Å². The first-order valence-electron chi connectivity index (χ1n) is 8.32. The molecule has 0 fully saturated rings. The summed E-state index contributed by atoms with van der Waals surface area (Å²) in [6.45, 7) is 7.11. The van der Waals surface area contributed by atoms with Crippen molar-refractivity contribution in [3.8, 4) is 28.7 Å². The molecule has 0 unspecified atom stereocenters. The fourth-order valence-corrected chi connectivity index (χ4v) is 3.67. The van der Waals surface area contributed by atoms with Gasteiger partial charge in [-0.05, 0) is 6.07 Å². The summed E-state index contributed by atoms with van der Waals surface area (Å²) in [6, 6.07) is 3.32. The molecule has 1 aromatic heterocycles. The van der Waals surface area contributed by atoms with E-state index in [2.05, 4.69) is 19.8 Å². The second-order valence-corrected chi connectivity index (χ2v) is 6.36. The number of rotatable bonds is 0. The van der Waals surface area contributed by atoms with Crippen molar-refractivity contribution in [3.05, 3.63) is 70.2 Å². The van der Waals surface area contributed by atoms with Gasteiger partial charge in [0.1, 0.15) is 52.5 Å². The van der Waals surface area contributed by atoms with Crippen molar-refractivity contribution in [1.82, 2.24) is 14.5 Å². The molecule has 5 rings (SSSR count). The lowest BCUT2D eigenvalue weighted by Gasteiger charge is -2.02. The van der Waals surface area contributed by atoms with Gasteiger partial charge in [-0.25, -0.2) is 22.5 Å². The van der Waals surface area contributed by atoms with Crippen LogP contribution >= 0.6 is 0 Å². The summed E-state index contributed by atoms with van der Waals surface area (Å²) >= 11 is 0. The molecule has 0 N–H and O–H groups in total. The van der Waals surface area contributed by atoms with Gasteiger partial charge >= 0.3 is 12.2 Å². The molecule has 1 aliphatic heterocycles. The number of aliphatic imine (C=N–C) groups is 1. The number of hydrogen-bond donors (Lipinski definition) is 0. The summed E-state index contributed by atoms with van der Waals surface area (Å²) in [7, 11) is 0. The van der Waals surface area contributed by atoms with E-state index in [1.54, 1.807) is 6.19 Å². The minimum absolute atomic E-state index is 0.000692. The Morgan fingerprint density at radius 3 is 2.37 bits per heavy atom. The highest BCUT2D eigenvalue weighted by Gasteiger charge is 2.42. The highest BCUT2D eigenvalue weighted by Crippen LogP contribution is 2.47. The topological polar surface area (TPSA) is 69.3 Å². The lowest BCUT2D eigenvalue weighted by atomic mass is 10.1. The Bertz CT molecular complexity index is 1350. The minimum atomic E-state index is -0.947. The zero-order chi connectivity index (χ0) is 21.2. The molecule has 2 aromatic carbocycles. The summed E-state index contributed by atoms with van der Waals surface area (Å²) in [4.78, 5) is 15.4. The van der Waals surface area contributed by atoms with E-state index in [0.717, 1.165) is 23.0 Å². The average Bonchev–Trinajstić information content (AvgIpc) is 3.14.